The summed E-state index contributed by atoms with van der Waals surface area (Å²) in [6.07, 6.45) is 6.76. The van der Waals surface area contributed by atoms with E-state index in [1.807, 2.05) is 23.1 Å². The Morgan fingerprint density at radius 2 is 2.00 bits per heavy atom. The maximum absolute atomic E-state index is 8.98. The number of aliphatic hydroxyl groups is 1. The van der Waals surface area contributed by atoms with Gasteiger partial charge in [-0.25, -0.2) is 0 Å². The molecule has 4 rings (SSSR count). The fourth-order valence-corrected chi connectivity index (χ4v) is 3.79. The summed E-state index contributed by atoms with van der Waals surface area (Å²) in [6.45, 7) is 4.25. The van der Waals surface area contributed by atoms with Gasteiger partial charge in [-0.05, 0) is 49.5 Å². The van der Waals surface area contributed by atoms with Gasteiger partial charge in [0.05, 0.1) is 11.2 Å². The predicted molar refractivity (Wildman–Crippen MR) is 101 cm³/mol. The molecule has 0 radical (unpaired) electrons. The molecule has 2 aromatic heterocycles. The van der Waals surface area contributed by atoms with E-state index < -0.39 is 0 Å². The van der Waals surface area contributed by atoms with Gasteiger partial charge < -0.3 is 5.11 Å². The van der Waals surface area contributed by atoms with Crippen LogP contribution in [0.15, 0.2) is 42.7 Å². The third kappa shape index (κ3) is 3.92. The number of aliphatic hydroxyl groups excluding tert-OH is 1. The van der Waals surface area contributed by atoms with Crippen LogP contribution in [-0.4, -0.2) is 49.7 Å². The maximum Gasteiger partial charge on any atom is 0.0849 e. The fraction of sp³-hybridized carbons (Fsp3) is 0.450. The Hall–Kier alpha value is -2.31. The molecule has 0 saturated carbocycles. The molecule has 6 heteroatoms. The Bertz CT molecular complexity index is 849. The van der Waals surface area contributed by atoms with Gasteiger partial charge in [0, 0.05) is 43.9 Å². The molecule has 3 aromatic rings. The molecule has 136 valence electrons. The van der Waals surface area contributed by atoms with E-state index in [4.69, 9.17) is 5.11 Å². The number of piperidine rings is 1. The first kappa shape index (κ1) is 17.1. The Balaban J connectivity index is 1.33. The van der Waals surface area contributed by atoms with Crippen LogP contribution < -0.4 is 0 Å². The van der Waals surface area contributed by atoms with E-state index in [1.54, 1.807) is 0 Å². The van der Waals surface area contributed by atoms with Crippen molar-refractivity contribution in [1.82, 2.24) is 24.9 Å². The second kappa shape index (κ2) is 7.93. The van der Waals surface area contributed by atoms with Crippen LogP contribution in [0.1, 0.15) is 24.1 Å². The molecule has 0 bridgehead atoms. The third-order valence-corrected chi connectivity index (χ3v) is 5.24. The number of hydrogen-bond donors (Lipinski definition) is 1. The van der Waals surface area contributed by atoms with Gasteiger partial charge in [-0.2, -0.15) is 0 Å². The monoisotopic (exact) mass is 351 g/mol. The summed E-state index contributed by atoms with van der Waals surface area (Å²) in [6, 6.07) is 10.6. The van der Waals surface area contributed by atoms with E-state index >= 15 is 0 Å². The first-order valence-electron chi connectivity index (χ1n) is 9.36. The molecule has 1 aliphatic heterocycles. The van der Waals surface area contributed by atoms with Gasteiger partial charge in [0.2, 0.25) is 0 Å². The summed E-state index contributed by atoms with van der Waals surface area (Å²) in [5.41, 5.74) is 3.30. The van der Waals surface area contributed by atoms with E-state index in [-0.39, 0.29) is 6.61 Å². The first-order valence-corrected chi connectivity index (χ1v) is 9.36. The highest BCUT2D eigenvalue weighted by molar-refractivity contribution is 5.81. The topological polar surface area (TPSA) is 67.1 Å². The lowest BCUT2D eigenvalue weighted by Gasteiger charge is -2.32. The minimum absolute atomic E-state index is 0.126. The standard InChI is InChI=1S/C20H25N5O/c26-12-8-18-15-25(23-22-18)13-16-6-10-24(11-7-16)14-17-3-1-5-20-19(17)4-2-9-21-20/h1-5,9,15-16,26H,6-8,10-14H2. The molecule has 1 aromatic carbocycles. The van der Waals surface area contributed by atoms with Gasteiger partial charge in [0.25, 0.3) is 0 Å². The average molecular weight is 351 g/mol. The van der Waals surface area contributed by atoms with E-state index in [1.165, 1.54) is 23.8 Å². The number of rotatable bonds is 6. The van der Waals surface area contributed by atoms with Gasteiger partial charge in [0.1, 0.15) is 0 Å². The van der Waals surface area contributed by atoms with Crippen LogP contribution in [0.5, 0.6) is 0 Å². The number of benzene rings is 1. The van der Waals surface area contributed by atoms with Crippen LogP contribution in [-0.2, 0) is 19.5 Å². The molecular formula is C20H25N5O. The van der Waals surface area contributed by atoms with E-state index in [2.05, 4.69) is 44.5 Å². The lowest BCUT2D eigenvalue weighted by molar-refractivity contribution is 0.164. The molecule has 0 unspecified atom stereocenters. The number of pyridine rings is 1. The van der Waals surface area contributed by atoms with Crippen molar-refractivity contribution >= 4 is 10.9 Å². The molecule has 1 aliphatic rings. The number of nitrogens with zero attached hydrogens (tertiary/aromatic N) is 5. The molecule has 0 spiro atoms. The number of aromatic nitrogens is 4. The van der Waals surface area contributed by atoms with Gasteiger partial charge in [0.15, 0.2) is 0 Å². The highest BCUT2D eigenvalue weighted by Gasteiger charge is 2.20. The van der Waals surface area contributed by atoms with Crippen LogP contribution in [0.4, 0.5) is 0 Å². The molecular weight excluding hydrogens is 326 g/mol. The molecule has 1 fully saturated rings. The van der Waals surface area contributed by atoms with Gasteiger partial charge in [-0.3, -0.25) is 14.6 Å². The lowest BCUT2D eigenvalue weighted by atomic mass is 9.96. The van der Waals surface area contributed by atoms with Gasteiger partial charge >= 0.3 is 0 Å². The second-order valence-electron chi connectivity index (χ2n) is 7.11. The van der Waals surface area contributed by atoms with E-state index in [0.29, 0.717) is 12.3 Å². The summed E-state index contributed by atoms with van der Waals surface area (Å²) in [7, 11) is 0. The minimum atomic E-state index is 0.126. The quantitative estimate of drug-likeness (QED) is 0.738. The van der Waals surface area contributed by atoms with Gasteiger partial charge in [-0.1, -0.05) is 23.4 Å². The zero-order chi connectivity index (χ0) is 17.8. The van der Waals surface area contributed by atoms with Crippen LogP contribution >= 0.6 is 0 Å². The Kier molecular flexibility index (Phi) is 5.22. The summed E-state index contributed by atoms with van der Waals surface area (Å²) >= 11 is 0. The van der Waals surface area contributed by atoms with E-state index in [0.717, 1.165) is 37.4 Å². The van der Waals surface area contributed by atoms with Gasteiger partial charge in [-0.15, -0.1) is 5.10 Å². The highest BCUT2D eigenvalue weighted by atomic mass is 16.3. The first-order chi connectivity index (χ1) is 12.8. The molecule has 6 nitrogen and oxygen atoms in total. The van der Waals surface area contributed by atoms with Crippen molar-refractivity contribution in [3.8, 4) is 0 Å². The summed E-state index contributed by atoms with van der Waals surface area (Å²) in [5, 5.41) is 18.5. The van der Waals surface area contributed by atoms with Crippen molar-refractivity contribution in [3.63, 3.8) is 0 Å². The number of fused-ring (bicyclic) bond motifs is 1. The van der Waals surface area contributed by atoms with Crippen molar-refractivity contribution in [2.75, 3.05) is 19.7 Å². The van der Waals surface area contributed by atoms with Crippen molar-refractivity contribution in [2.24, 2.45) is 5.92 Å². The predicted octanol–water partition coefficient (Wildman–Crippen LogP) is 2.27. The molecule has 26 heavy (non-hydrogen) atoms. The maximum atomic E-state index is 8.98. The molecule has 0 atom stereocenters. The molecule has 0 amide bonds. The Labute approximate surface area is 153 Å². The third-order valence-electron chi connectivity index (χ3n) is 5.24. The zero-order valence-electron chi connectivity index (χ0n) is 15.0. The van der Waals surface area contributed by atoms with Crippen LogP contribution in [0.3, 0.4) is 0 Å². The molecule has 1 saturated heterocycles. The van der Waals surface area contributed by atoms with Crippen molar-refractivity contribution in [2.45, 2.75) is 32.4 Å². The largest absolute Gasteiger partial charge is 0.396 e. The molecule has 3 heterocycles. The normalized spacial score (nSPS) is 16.3. The van der Waals surface area contributed by atoms with Crippen LogP contribution in [0, 0.1) is 5.92 Å². The number of likely N-dealkylation sites (tertiary alicyclic amines) is 1. The van der Waals surface area contributed by atoms with Crippen molar-refractivity contribution in [3.05, 3.63) is 54.0 Å². The molecule has 1 N–H and O–H groups in total. The Morgan fingerprint density at radius 1 is 1.12 bits per heavy atom. The molecule has 0 aliphatic carbocycles. The summed E-state index contributed by atoms with van der Waals surface area (Å²) in [5.74, 6) is 0.643. The van der Waals surface area contributed by atoms with Crippen molar-refractivity contribution < 1.29 is 5.11 Å². The van der Waals surface area contributed by atoms with Crippen LogP contribution in [0.2, 0.25) is 0 Å². The second-order valence-corrected chi connectivity index (χ2v) is 7.11. The SMILES string of the molecule is OCCc1cn(CC2CCN(Cc3cccc4ncccc34)CC2)nn1. The van der Waals surface area contributed by atoms with Crippen molar-refractivity contribution in [1.29, 1.82) is 0 Å². The Morgan fingerprint density at radius 3 is 2.85 bits per heavy atom. The zero-order valence-corrected chi connectivity index (χ0v) is 15.0. The summed E-state index contributed by atoms with van der Waals surface area (Å²) < 4.78 is 1.93. The number of hydrogen-bond acceptors (Lipinski definition) is 5. The lowest BCUT2D eigenvalue weighted by Crippen LogP contribution is -2.34. The minimum Gasteiger partial charge on any atom is -0.396 e. The fourth-order valence-electron chi connectivity index (χ4n) is 3.79. The average Bonchev–Trinajstić information content (AvgIpc) is 3.11. The highest BCUT2D eigenvalue weighted by Crippen LogP contribution is 2.23. The van der Waals surface area contributed by atoms with E-state index in [9.17, 15) is 0 Å². The summed E-state index contributed by atoms with van der Waals surface area (Å²) in [4.78, 5) is 7.00. The van der Waals surface area contributed by atoms with Crippen LogP contribution in [0.25, 0.3) is 10.9 Å². The smallest absolute Gasteiger partial charge is 0.0849 e.